The smallest absolute Gasteiger partial charge is 0.295 e. The molecule has 0 radical (unpaired) electrons. The van der Waals surface area contributed by atoms with Crippen LogP contribution in [-0.2, 0) is 9.59 Å². The fourth-order valence-electron chi connectivity index (χ4n) is 4.24. The highest BCUT2D eigenvalue weighted by Crippen LogP contribution is 2.35. The summed E-state index contributed by atoms with van der Waals surface area (Å²) >= 11 is 0. The number of halogens is 1. The Morgan fingerprint density at radius 3 is 2.49 bits per heavy atom. The number of benzene rings is 3. The van der Waals surface area contributed by atoms with Crippen molar-refractivity contribution in [3.8, 4) is 0 Å². The van der Waals surface area contributed by atoms with Gasteiger partial charge in [0.15, 0.2) is 0 Å². The van der Waals surface area contributed by atoms with Gasteiger partial charge in [0.1, 0.15) is 12.4 Å². The zero-order valence-electron chi connectivity index (χ0n) is 18.2. The van der Waals surface area contributed by atoms with Crippen molar-refractivity contribution in [2.75, 3.05) is 11.4 Å². The quantitative estimate of drug-likeness (QED) is 0.234. The highest BCUT2D eigenvalue weighted by Gasteiger charge is 2.39. The number of rotatable bonds is 5. The number of azide groups is 1. The number of hydrogen-bond donors (Lipinski definition) is 0. The van der Waals surface area contributed by atoms with Crippen LogP contribution in [-0.4, -0.2) is 34.9 Å². The molecule has 0 fully saturated rings. The van der Waals surface area contributed by atoms with E-state index in [0.717, 1.165) is 10.5 Å². The molecule has 3 aromatic carbocycles. The summed E-state index contributed by atoms with van der Waals surface area (Å²) in [6.45, 7) is -0.369. The van der Waals surface area contributed by atoms with Gasteiger partial charge in [-0.25, -0.2) is 9.40 Å². The van der Waals surface area contributed by atoms with Crippen molar-refractivity contribution in [3.63, 3.8) is 0 Å². The number of hydrogen-bond acceptors (Lipinski definition) is 5. The molecule has 0 aliphatic carbocycles. The van der Waals surface area contributed by atoms with E-state index >= 15 is 0 Å². The van der Waals surface area contributed by atoms with Gasteiger partial charge < -0.3 is 0 Å². The number of fused-ring (bicyclic) bond motifs is 1. The number of amides is 2. The minimum Gasteiger partial charge on any atom is -0.295 e. The predicted molar refractivity (Wildman–Crippen MR) is 126 cm³/mol. The van der Waals surface area contributed by atoms with Gasteiger partial charge in [0.05, 0.1) is 23.0 Å². The average Bonchev–Trinajstić information content (AvgIpc) is 3.42. The third kappa shape index (κ3) is 4.03. The highest BCUT2D eigenvalue weighted by atomic mass is 19.1. The summed E-state index contributed by atoms with van der Waals surface area (Å²) in [5, 5.41) is 9.37. The minimum absolute atomic E-state index is 0.256. The van der Waals surface area contributed by atoms with Gasteiger partial charge in [-0.2, -0.15) is 5.10 Å². The number of para-hydroxylation sites is 1. The van der Waals surface area contributed by atoms with Crippen molar-refractivity contribution in [3.05, 3.63) is 106 Å². The van der Waals surface area contributed by atoms with Gasteiger partial charge in [0, 0.05) is 17.0 Å². The summed E-state index contributed by atoms with van der Waals surface area (Å²) in [4.78, 5) is 42.2. The number of nitrogens with zero attached hydrogens (tertiary/aromatic N) is 6. The molecule has 2 aliphatic rings. The SMILES string of the molecule is [N-]=[N+]=Nc1ccc(C2=NN(C(=O)CN3C(=O)C(=O)c4ccccc43)C(c3ccc(F)cc3)C2)cc1. The van der Waals surface area contributed by atoms with Crippen LogP contribution in [0.2, 0.25) is 0 Å². The predicted octanol–water partition coefficient (Wildman–Crippen LogP) is 4.67. The van der Waals surface area contributed by atoms with Crippen molar-refractivity contribution in [1.82, 2.24) is 5.01 Å². The van der Waals surface area contributed by atoms with Gasteiger partial charge in [0.25, 0.3) is 17.6 Å². The second kappa shape index (κ2) is 8.85. The van der Waals surface area contributed by atoms with Crippen LogP contribution in [0.3, 0.4) is 0 Å². The van der Waals surface area contributed by atoms with Crippen LogP contribution in [0, 0.1) is 5.82 Å². The molecule has 0 spiro atoms. The first-order valence-electron chi connectivity index (χ1n) is 10.7. The Hall–Kier alpha value is -4.82. The molecule has 0 aromatic heterocycles. The first kappa shape index (κ1) is 22.0. The van der Waals surface area contributed by atoms with E-state index in [4.69, 9.17) is 5.53 Å². The summed E-state index contributed by atoms with van der Waals surface area (Å²) in [5.74, 6) is -2.32. The number of carbonyl (C=O) groups is 3. The van der Waals surface area contributed by atoms with Crippen molar-refractivity contribution >= 4 is 34.7 Å². The molecule has 2 heterocycles. The van der Waals surface area contributed by atoms with Crippen LogP contribution < -0.4 is 4.90 Å². The zero-order valence-corrected chi connectivity index (χ0v) is 18.2. The van der Waals surface area contributed by atoms with Crippen LogP contribution in [0.25, 0.3) is 10.4 Å². The van der Waals surface area contributed by atoms with Gasteiger partial charge >= 0.3 is 0 Å². The number of hydrazone groups is 1. The summed E-state index contributed by atoms with van der Waals surface area (Å²) in [6.07, 6.45) is 0.349. The molecule has 172 valence electrons. The molecule has 9 nitrogen and oxygen atoms in total. The average molecular weight is 468 g/mol. The molecule has 0 N–H and O–H groups in total. The molecule has 5 rings (SSSR count). The van der Waals surface area contributed by atoms with Gasteiger partial charge in [-0.3, -0.25) is 19.3 Å². The van der Waals surface area contributed by atoms with Crippen molar-refractivity contribution in [2.45, 2.75) is 12.5 Å². The number of carbonyl (C=O) groups excluding carboxylic acids is 3. The third-order valence-corrected chi connectivity index (χ3v) is 5.95. The van der Waals surface area contributed by atoms with E-state index in [1.54, 1.807) is 60.7 Å². The third-order valence-electron chi connectivity index (χ3n) is 5.95. The lowest BCUT2D eigenvalue weighted by Crippen LogP contribution is -2.40. The van der Waals surface area contributed by atoms with E-state index in [2.05, 4.69) is 15.1 Å². The molecule has 0 saturated heterocycles. The van der Waals surface area contributed by atoms with Crippen LogP contribution in [0.15, 0.2) is 83.0 Å². The molecule has 1 atom stereocenters. The molecule has 0 bridgehead atoms. The second-order valence-electron chi connectivity index (χ2n) is 8.03. The fraction of sp³-hybridized carbons (Fsp3) is 0.120. The van der Waals surface area contributed by atoms with E-state index in [1.165, 1.54) is 17.1 Å². The lowest BCUT2D eigenvalue weighted by Gasteiger charge is -2.24. The topological polar surface area (TPSA) is 119 Å². The van der Waals surface area contributed by atoms with Crippen LogP contribution in [0.4, 0.5) is 15.8 Å². The first-order chi connectivity index (χ1) is 17.0. The van der Waals surface area contributed by atoms with Crippen molar-refractivity contribution < 1.29 is 18.8 Å². The lowest BCUT2D eigenvalue weighted by molar-refractivity contribution is -0.132. The minimum atomic E-state index is -0.769. The molecule has 3 aromatic rings. The number of Topliss-reactive ketones (excluding diaryl/α,β-unsaturated/α-hetero) is 1. The Kier molecular flexibility index (Phi) is 5.56. The summed E-state index contributed by atoms with van der Waals surface area (Å²) < 4.78 is 13.5. The molecular weight excluding hydrogens is 451 g/mol. The van der Waals surface area contributed by atoms with E-state index in [1.807, 2.05) is 0 Å². The van der Waals surface area contributed by atoms with E-state index < -0.39 is 29.5 Å². The van der Waals surface area contributed by atoms with Crippen molar-refractivity contribution in [2.24, 2.45) is 10.2 Å². The van der Waals surface area contributed by atoms with Crippen LogP contribution in [0.1, 0.15) is 33.9 Å². The fourth-order valence-corrected chi connectivity index (χ4v) is 4.24. The maximum atomic E-state index is 13.5. The Morgan fingerprint density at radius 1 is 1.06 bits per heavy atom. The van der Waals surface area contributed by atoms with Gasteiger partial charge in [-0.05, 0) is 40.9 Å². The van der Waals surface area contributed by atoms with Gasteiger partial charge in [0.2, 0.25) is 0 Å². The molecule has 10 heteroatoms. The molecule has 1 unspecified atom stereocenters. The molecule has 35 heavy (non-hydrogen) atoms. The Labute approximate surface area is 198 Å². The molecule has 2 amide bonds. The molecular formula is C25H17FN6O3. The maximum Gasteiger partial charge on any atom is 0.299 e. The monoisotopic (exact) mass is 468 g/mol. The number of anilines is 1. The summed E-state index contributed by atoms with van der Waals surface area (Å²) in [5.41, 5.74) is 11.7. The maximum absolute atomic E-state index is 13.5. The van der Waals surface area contributed by atoms with E-state index in [9.17, 15) is 18.8 Å². The lowest BCUT2D eigenvalue weighted by atomic mass is 9.98. The van der Waals surface area contributed by atoms with E-state index in [-0.39, 0.29) is 12.1 Å². The summed E-state index contributed by atoms with van der Waals surface area (Å²) in [6, 6.07) is 18.5. The second-order valence-corrected chi connectivity index (χ2v) is 8.03. The van der Waals surface area contributed by atoms with E-state index in [0.29, 0.717) is 29.1 Å². The first-order valence-corrected chi connectivity index (χ1v) is 10.7. The summed E-state index contributed by atoms with van der Waals surface area (Å²) in [7, 11) is 0. The Bertz CT molecular complexity index is 1430. The standard InChI is InChI=1S/C25H17FN6O3/c26-17-9-5-16(6-10-17)22-13-20(15-7-11-18(12-8-15)28-30-27)29-32(22)23(33)14-31-21-4-2-1-3-19(21)24(34)25(31)35/h1-12,22H,13-14H2. The largest absolute Gasteiger partial charge is 0.299 e. The zero-order chi connectivity index (χ0) is 24.5. The van der Waals surface area contributed by atoms with Crippen molar-refractivity contribution in [1.29, 1.82) is 0 Å². The Balaban J connectivity index is 1.47. The number of ketones is 1. The van der Waals surface area contributed by atoms with Gasteiger partial charge in [-0.1, -0.05) is 53.6 Å². The molecule has 0 saturated carbocycles. The molecule has 2 aliphatic heterocycles. The highest BCUT2D eigenvalue weighted by molar-refractivity contribution is 6.52. The van der Waals surface area contributed by atoms with Crippen LogP contribution >= 0.6 is 0 Å². The van der Waals surface area contributed by atoms with Crippen LogP contribution in [0.5, 0.6) is 0 Å². The Morgan fingerprint density at radius 2 is 1.77 bits per heavy atom. The normalized spacial score (nSPS) is 16.7. The van der Waals surface area contributed by atoms with Gasteiger partial charge in [-0.15, -0.1) is 0 Å².